The number of aromatic nitrogens is 3. The summed E-state index contributed by atoms with van der Waals surface area (Å²) >= 11 is 0. The molecule has 0 fully saturated rings. The third-order valence-corrected chi connectivity index (χ3v) is 3.84. The fourth-order valence-electron chi connectivity index (χ4n) is 2.56. The number of nitrogens with zero attached hydrogens (tertiary/aromatic N) is 3. The first-order valence-corrected chi connectivity index (χ1v) is 8.24. The normalized spacial score (nSPS) is 10.9. The maximum Gasteiger partial charge on any atom is 0.223 e. The van der Waals surface area contributed by atoms with Crippen LogP contribution in [0.2, 0.25) is 0 Å². The summed E-state index contributed by atoms with van der Waals surface area (Å²) < 4.78 is 10.6. The van der Waals surface area contributed by atoms with Crippen molar-refractivity contribution in [3.8, 4) is 17.1 Å². The highest BCUT2D eigenvalue weighted by atomic mass is 16.5. The van der Waals surface area contributed by atoms with Crippen LogP contribution in [-0.4, -0.2) is 22.2 Å². The van der Waals surface area contributed by atoms with Crippen molar-refractivity contribution in [2.45, 2.75) is 33.2 Å². The number of anilines is 1. The van der Waals surface area contributed by atoms with Crippen LogP contribution in [0.4, 0.5) is 5.95 Å². The summed E-state index contributed by atoms with van der Waals surface area (Å²) in [6.07, 6.45) is 1.79. The van der Waals surface area contributed by atoms with Crippen LogP contribution in [-0.2, 0) is 6.54 Å². The number of ether oxygens (including phenoxy) is 1. The average molecular weight is 338 g/mol. The average Bonchev–Trinajstić information content (AvgIpc) is 3.06. The molecule has 130 valence electrons. The van der Waals surface area contributed by atoms with Crippen molar-refractivity contribution < 1.29 is 9.26 Å². The van der Waals surface area contributed by atoms with E-state index in [1.54, 1.807) is 13.3 Å². The summed E-state index contributed by atoms with van der Waals surface area (Å²) in [4.78, 5) is 9.10. The molecular weight excluding hydrogens is 316 g/mol. The Morgan fingerprint density at radius 3 is 2.76 bits per heavy atom. The minimum Gasteiger partial charge on any atom is -0.497 e. The van der Waals surface area contributed by atoms with E-state index in [2.05, 4.69) is 34.3 Å². The maximum atomic E-state index is 5.37. The molecule has 0 aliphatic rings. The van der Waals surface area contributed by atoms with Gasteiger partial charge in [-0.15, -0.1) is 0 Å². The SMILES string of the molecule is COc1cccc(CNc2ncc(-c3cc(C)no3)c(C(C)C)n2)c1. The second-order valence-electron chi connectivity index (χ2n) is 6.18. The van der Waals surface area contributed by atoms with Crippen molar-refractivity contribution in [2.75, 3.05) is 12.4 Å². The molecule has 3 rings (SSSR count). The van der Waals surface area contributed by atoms with Crippen LogP contribution in [0.1, 0.15) is 36.7 Å². The summed E-state index contributed by atoms with van der Waals surface area (Å²) in [7, 11) is 1.66. The van der Waals surface area contributed by atoms with Gasteiger partial charge in [0.05, 0.1) is 24.1 Å². The Morgan fingerprint density at radius 1 is 1.24 bits per heavy atom. The molecule has 0 saturated carbocycles. The zero-order chi connectivity index (χ0) is 17.8. The molecule has 6 nitrogen and oxygen atoms in total. The van der Waals surface area contributed by atoms with Crippen molar-refractivity contribution in [3.63, 3.8) is 0 Å². The molecule has 2 heterocycles. The van der Waals surface area contributed by atoms with Gasteiger partial charge in [-0.1, -0.05) is 31.1 Å². The first kappa shape index (κ1) is 17.0. The second-order valence-corrected chi connectivity index (χ2v) is 6.18. The van der Waals surface area contributed by atoms with Crippen LogP contribution in [0, 0.1) is 6.92 Å². The van der Waals surface area contributed by atoms with Gasteiger partial charge >= 0.3 is 0 Å². The molecule has 3 aromatic rings. The summed E-state index contributed by atoms with van der Waals surface area (Å²) in [5.74, 6) is 2.35. The quantitative estimate of drug-likeness (QED) is 0.727. The second kappa shape index (κ2) is 7.34. The van der Waals surface area contributed by atoms with E-state index in [1.807, 2.05) is 37.3 Å². The monoisotopic (exact) mass is 338 g/mol. The molecule has 0 aliphatic heterocycles. The maximum absolute atomic E-state index is 5.37. The van der Waals surface area contributed by atoms with Crippen molar-refractivity contribution in [1.82, 2.24) is 15.1 Å². The fourth-order valence-corrected chi connectivity index (χ4v) is 2.56. The van der Waals surface area contributed by atoms with E-state index >= 15 is 0 Å². The molecule has 1 aromatic carbocycles. The van der Waals surface area contributed by atoms with Crippen LogP contribution in [0.5, 0.6) is 5.75 Å². The van der Waals surface area contributed by atoms with Crippen LogP contribution in [0.3, 0.4) is 0 Å². The van der Waals surface area contributed by atoms with Crippen LogP contribution in [0.25, 0.3) is 11.3 Å². The number of methoxy groups -OCH3 is 1. The molecule has 6 heteroatoms. The lowest BCUT2D eigenvalue weighted by Crippen LogP contribution is -2.07. The highest BCUT2D eigenvalue weighted by Crippen LogP contribution is 2.28. The summed E-state index contributed by atoms with van der Waals surface area (Å²) in [5, 5.41) is 7.22. The predicted molar refractivity (Wildman–Crippen MR) is 96.7 cm³/mol. The minimum absolute atomic E-state index is 0.237. The Balaban J connectivity index is 1.81. The number of hydrogen-bond acceptors (Lipinski definition) is 6. The van der Waals surface area contributed by atoms with Gasteiger partial charge in [0, 0.05) is 18.8 Å². The lowest BCUT2D eigenvalue weighted by molar-refractivity contribution is 0.414. The lowest BCUT2D eigenvalue weighted by atomic mass is 10.0. The van der Waals surface area contributed by atoms with Crippen molar-refractivity contribution >= 4 is 5.95 Å². The van der Waals surface area contributed by atoms with Gasteiger partial charge in [-0.3, -0.25) is 0 Å². The highest BCUT2D eigenvalue weighted by Gasteiger charge is 2.16. The van der Waals surface area contributed by atoms with Crippen molar-refractivity contribution in [3.05, 3.63) is 53.5 Å². The lowest BCUT2D eigenvalue weighted by Gasteiger charge is -2.12. The number of nitrogens with one attached hydrogen (secondary N) is 1. The Hall–Kier alpha value is -2.89. The number of hydrogen-bond donors (Lipinski definition) is 1. The first-order chi connectivity index (χ1) is 12.1. The van der Waals surface area contributed by atoms with Gasteiger partial charge in [0.2, 0.25) is 5.95 Å². The number of benzene rings is 1. The Bertz CT molecular complexity index is 858. The molecule has 0 atom stereocenters. The van der Waals surface area contributed by atoms with E-state index in [1.165, 1.54) is 0 Å². The summed E-state index contributed by atoms with van der Waals surface area (Å²) in [6.45, 7) is 6.71. The van der Waals surface area contributed by atoms with E-state index in [0.29, 0.717) is 18.3 Å². The first-order valence-electron chi connectivity index (χ1n) is 8.24. The molecule has 1 N–H and O–H groups in total. The third kappa shape index (κ3) is 3.96. The zero-order valence-corrected chi connectivity index (χ0v) is 14.9. The van der Waals surface area contributed by atoms with E-state index < -0.39 is 0 Å². The summed E-state index contributed by atoms with van der Waals surface area (Å²) in [6, 6.07) is 9.80. The smallest absolute Gasteiger partial charge is 0.223 e. The molecule has 2 aromatic heterocycles. The molecule has 25 heavy (non-hydrogen) atoms. The van der Waals surface area contributed by atoms with Gasteiger partial charge in [-0.05, 0) is 30.5 Å². The number of rotatable bonds is 6. The Kier molecular flexibility index (Phi) is 4.97. The molecule has 0 radical (unpaired) electrons. The predicted octanol–water partition coefficient (Wildman–Crippen LogP) is 4.18. The van der Waals surface area contributed by atoms with E-state index in [-0.39, 0.29) is 5.92 Å². The third-order valence-electron chi connectivity index (χ3n) is 3.84. The fraction of sp³-hybridized carbons (Fsp3) is 0.316. The van der Waals surface area contributed by atoms with Gasteiger partial charge in [0.15, 0.2) is 5.76 Å². The largest absolute Gasteiger partial charge is 0.497 e. The molecule has 0 bridgehead atoms. The molecular formula is C19H22N4O2. The molecule has 0 amide bonds. The van der Waals surface area contributed by atoms with Crippen LogP contribution >= 0.6 is 0 Å². The van der Waals surface area contributed by atoms with Gasteiger partial charge < -0.3 is 14.6 Å². The topological polar surface area (TPSA) is 73.1 Å². The van der Waals surface area contributed by atoms with Crippen molar-refractivity contribution in [2.24, 2.45) is 0 Å². The molecule has 0 spiro atoms. The van der Waals surface area contributed by atoms with E-state index in [9.17, 15) is 0 Å². The number of aryl methyl sites for hydroxylation is 1. The van der Waals surface area contributed by atoms with E-state index in [0.717, 1.165) is 28.3 Å². The standard InChI is InChI=1S/C19H22N4O2/c1-12(2)18-16(17-8-13(3)23-25-17)11-21-19(22-18)20-10-14-6-5-7-15(9-14)24-4/h5-9,11-12H,10H2,1-4H3,(H,20,21,22). The molecule has 0 unspecified atom stereocenters. The zero-order valence-electron chi connectivity index (χ0n) is 14.9. The summed E-state index contributed by atoms with van der Waals surface area (Å²) in [5.41, 5.74) is 3.75. The molecule has 0 aliphatic carbocycles. The Labute approximate surface area is 147 Å². The highest BCUT2D eigenvalue weighted by molar-refractivity contribution is 5.61. The molecule has 0 saturated heterocycles. The van der Waals surface area contributed by atoms with Gasteiger partial charge in [-0.25, -0.2) is 9.97 Å². The Morgan fingerprint density at radius 2 is 2.08 bits per heavy atom. The van der Waals surface area contributed by atoms with Crippen LogP contribution in [0.15, 0.2) is 41.1 Å². The van der Waals surface area contributed by atoms with Gasteiger partial charge in [0.1, 0.15) is 5.75 Å². The van der Waals surface area contributed by atoms with Crippen molar-refractivity contribution in [1.29, 1.82) is 0 Å². The van der Waals surface area contributed by atoms with Gasteiger partial charge in [-0.2, -0.15) is 0 Å². The van der Waals surface area contributed by atoms with E-state index in [4.69, 9.17) is 9.26 Å². The minimum atomic E-state index is 0.237. The van der Waals surface area contributed by atoms with Gasteiger partial charge in [0.25, 0.3) is 0 Å². The van der Waals surface area contributed by atoms with Crippen LogP contribution < -0.4 is 10.1 Å².